The fraction of sp³-hybridized carbons (Fsp3) is 0.118. The van der Waals surface area contributed by atoms with Gasteiger partial charge in [0, 0.05) is 12.1 Å². The third-order valence-electron chi connectivity index (χ3n) is 2.82. The summed E-state index contributed by atoms with van der Waals surface area (Å²) in [6.07, 6.45) is 2.67. The van der Waals surface area contributed by atoms with E-state index in [0.717, 1.165) is 28.7 Å². The standard InChI is InChI=1S/C17H16O4/c1-20-15-6-3-7-16(11-15)21-12-14-5-2-4-13(10-14)8-9-17(18)19/h2-11H,12H2,1H3,(H,18,19). The van der Waals surface area contributed by atoms with Crippen LogP contribution in [-0.4, -0.2) is 18.2 Å². The Labute approximate surface area is 123 Å². The summed E-state index contributed by atoms with van der Waals surface area (Å²) in [5, 5.41) is 8.62. The van der Waals surface area contributed by atoms with Crippen molar-refractivity contribution in [2.45, 2.75) is 6.61 Å². The molecule has 0 bridgehead atoms. The van der Waals surface area contributed by atoms with Crippen molar-refractivity contribution in [3.63, 3.8) is 0 Å². The van der Waals surface area contributed by atoms with Crippen LogP contribution in [0.1, 0.15) is 11.1 Å². The van der Waals surface area contributed by atoms with E-state index in [4.69, 9.17) is 14.6 Å². The normalized spacial score (nSPS) is 10.5. The molecule has 0 aliphatic rings. The van der Waals surface area contributed by atoms with Crippen molar-refractivity contribution in [1.29, 1.82) is 0 Å². The second-order valence-corrected chi connectivity index (χ2v) is 4.38. The van der Waals surface area contributed by atoms with Crippen LogP contribution >= 0.6 is 0 Å². The maximum Gasteiger partial charge on any atom is 0.328 e. The first kappa shape index (κ1) is 14.7. The van der Waals surface area contributed by atoms with Gasteiger partial charge in [0.1, 0.15) is 18.1 Å². The summed E-state index contributed by atoms with van der Waals surface area (Å²) in [4.78, 5) is 10.5. The Bertz CT molecular complexity index is 647. The lowest BCUT2D eigenvalue weighted by molar-refractivity contribution is -0.131. The highest BCUT2D eigenvalue weighted by Crippen LogP contribution is 2.20. The number of carbonyl (C=O) groups is 1. The number of carboxylic acids is 1. The fourth-order valence-electron chi connectivity index (χ4n) is 1.81. The van der Waals surface area contributed by atoms with Gasteiger partial charge in [0.05, 0.1) is 7.11 Å². The van der Waals surface area contributed by atoms with Gasteiger partial charge in [0.15, 0.2) is 0 Å². The number of ether oxygens (including phenoxy) is 2. The first-order valence-electron chi connectivity index (χ1n) is 6.44. The van der Waals surface area contributed by atoms with E-state index >= 15 is 0 Å². The molecule has 0 aromatic heterocycles. The van der Waals surface area contributed by atoms with Crippen LogP contribution in [0.5, 0.6) is 11.5 Å². The molecular weight excluding hydrogens is 268 g/mol. The summed E-state index contributed by atoms with van der Waals surface area (Å²) in [6.45, 7) is 0.405. The van der Waals surface area contributed by atoms with Crippen LogP contribution in [0.25, 0.3) is 6.08 Å². The number of aliphatic carboxylic acids is 1. The molecule has 2 aromatic carbocycles. The second kappa shape index (κ2) is 7.14. The average molecular weight is 284 g/mol. The Kier molecular flexibility index (Phi) is 4.99. The fourth-order valence-corrected chi connectivity index (χ4v) is 1.81. The lowest BCUT2D eigenvalue weighted by Gasteiger charge is -2.08. The zero-order chi connectivity index (χ0) is 15.1. The van der Waals surface area contributed by atoms with Gasteiger partial charge in [-0.05, 0) is 35.4 Å². The quantitative estimate of drug-likeness (QED) is 0.826. The number of hydrogen-bond acceptors (Lipinski definition) is 3. The van der Waals surface area contributed by atoms with E-state index in [1.165, 1.54) is 0 Å². The van der Waals surface area contributed by atoms with Gasteiger partial charge in [0.2, 0.25) is 0 Å². The number of benzene rings is 2. The number of carboxylic acid groups (broad SMARTS) is 1. The molecule has 21 heavy (non-hydrogen) atoms. The predicted octanol–water partition coefficient (Wildman–Crippen LogP) is 3.37. The van der Waals surface area contributed by atoms with E-state index < -0.39 is 5.97 Å². The van der Waals surface area contributed by atoms with Crippen molar-refractivity contribution in [2.75, 3.05) is 7.11 Å². The molecule has 0 radical (unpaired) electrons. The molecule has 4 nitrogen and oxygen atoms in total. The van der Waals surface area contributed by atoms with Crippen molar-refractivity contribution in [3.8, 4) is 11.5 Å². The molecule has 4 heteroatoms. The first-order valence-corrected chi connectivity index (χ1v) is 6.44. The summed E-state index contributed by atoms with van der Waals surface area (Å²) >= 11 is 0. The smallest absolute Gasteiger partial charge is 0.328 e. The van der Waals surface area contributed by atoms with Gasteiger partial charge in [-0.15, -0.1) is 0 Å². The molecule has 0 heterocycles. The highest BCUT2D eigenvalue weighted by atomic mass is 16.5. The zero-order valence-electron chi connectivity index (χ0n) is 11.7. The second-order valence-electron chi connectivity index (χ2n) is 4.38. The van der Waals surface area contributed by atoms with Gasteiger partial charge in [-0.1, -0.05) is 24.3 Å². The Hall–Kier alpha value is -2.75. The van der Waals surface area contributed by atoms with Gasteiger partial charge in [-0.25, -0.2) is 4.79 Å². The summed E-state index contributed by atoms with van der Waals surface area (Å²) in [5.41, 5.74) is 1.79. The van der Waals surface area contributed by atoms with Crippen molar-refractivity contribution in [1.82, 2.24) is 0 Å². The maximum atomic E-state index is 10.5. The lowest BCUT2D eigenvalue weighted by atomic mass is 10.1. The minimum atomic E-state index is -0.965. The molecule has 0 unspecified atom stereocenters. The molecule has 2 rings (SSSR count). The van der Waals surface area contributed by atoms with Crippen molar-refractivity contribution in [3.05, 3.63) is 65.7 Å². The Morgan fingerprint density at radius 2 is 1.90 bits per heavy atom. The van der Waals surface area contributed by atoms with E-state index in [-0.39, 0.29) is 0 Å². The third kappa shape index (κ3) is 4.69. The first-order chi connectivity index (χ1) is 10.2. The monoisotopic (exact) mass is 284 g/mol. The highest BCUT2D eigenvalue weighted by Gasteiger charge is 1.99. The summed E-state index contributed by atoms with van der Waals surface area (Å²) in [7, 11) is 1.61. The minimum Gasteiger partial charge on any atom is -0.497 e. The van der Waals surface area contributed by atoms with Crippen LogP contribution in [0.2, 0.25) is 0 Å². The molecular formula is C17H16O4. The van der Waals surface area contributed by atoms with Crippen LogP contribution in [-0.2, 0) is 11.4 Å². The summed E-state index contributed by atoms with van der Waals surface area (Å²) in [5.74, 6) is 0.500. The molecule has 0 saturated carbocycles. The van der Waals surface area contributed by atoms with E-state index in [0.29, 0.717) is 6.61 Å². The topological polar surface area (TPSA) is 55.8 Å². The van der Waals surface area contributed by atoms with E-state index in [2.05, 4.69) is 0 Å². The third-order valence-corrected chi connectivity index (χ3v) is 2.82. The van der Waals surface area contributed by atoms with Gasteiger partial charge < -0.3 is 14.6 Å². The van der Waals surface area contributed by atoms with E-state index in [9.17, 15) is 4.79 Å². The Morgan fingerprint density at radius 3 is 2.67 bits per heavy atom. The highest BCUT2D eigenvalue weighted by molar-refractivity contribution is 5.85. The summed E-state index contributed by atoms with van der Waals surface area (Å²) < 4.78 is 10.8. The van der Waals surface area contributed by atoms with Gasteiger partial charge in [-0.2, -0.15) is 0 Å². The SMILES string of the molecule is COc1cccc(OCc2cccc(C=CC(=O)O)c2)c1. The predicted molar refractivity (Wildman–Crippen MR) is 80.4 cm³/mol. The molecule has 0 aliphatic heterocycles. The number of rotatable bonds is 6. The van der Waals surface area contributed by atoms with Crippen molar-refractivity contribution < 1.29 is 19.4 Å². The Morgan fingerprint density at radius 1 is 1.14 bits per heavy atom. The summed E-state index contributed by atoms with van der Waals surface area (Å²) in [6, 6.07) is 14.9. The number of hydrogen-bond donors (Lipinski definition) is 1. The van der Waals surface area contributed by atoms with Gasteiger partial charge in [0.25, 0.3) is 0 Å². The van der Waals surface area contributed by atoms with Crippen LogP contribution < -0.4 is 9.47 Å². The molecule has 0 fully saturated rings. The largest absolute Gasteiger partial charge is 0.497 e. The van der Waals surface area contributed by atoms with E-state index in [1.807, 2.05) is 48.5 Å². The Balaban J connectivity index is 2.02. The molecule has 2 aromatic rings. The van der Waals surface area contributed by atoms with Gasteiger partial charge >= 0.3 is 5.97 Å². The van der Waals surface area contributed by atoms with E-state index in [1.54, 1.807) is 13.2 Å². The number of methoxy groups -OCH3 is 1. The molecule has 108 valence electrons. The van der Waals surface area contributed by atoms with Crippen LogP contribution in [0, 0.1) is 0 Å². The molecule has 0 saturated heterocycles. The maximum absolute atomic E-state index is 10.5. The molecule has 0 spiro atoms. The van der Waals surface area contributed by atoms with Crippen LogP contribution in [0.4, 0.5) is 0 Å². The molecule has 1 N–H and O–H groups in total. The molecule has 0 atom stereocenters. The molecule has 0 aliphatic carbocycles. The van der Waals surface area contributed by atoms with Crippen molar-refractivity contribution in [2.24, 2.45) is 0 Å². The average Bonchev–Trinajstić information content (AvgIpc) is 2.51. The van der Waals surface area contributed by atoms with Crippen LogP contribution in [0.3, 0.4) is 0 Å². The van der Waals surface area contributed by atoms with Crippen LogP contribution in [0.15, 0.2) is 54.6 Å². The lowest BCUT2D eigenvalue weighted by Crippen LogP contribution is -1.96. The molecule has 0 amide bonds. The minimum absolute atomic E-state index is 0.405. The van der Waals surface area contributed by atoms with Gasteiger partial charge in [-0.3, -0.25) is 0 Å². The zero-order valence-corrected chi connectivity index (χ0v) is 11.7. The van der Waals surface area contributed by atoms with Crippen molar-refractivity contribution >= 4 is 12.0 Å².